The molecule has 0 unspecified atom stereocenters. The molecule has 61 valence electrons. The Bertz CT molecular complexity index is 518. The minimum atomic E-state index is 0.726. The van der Waals surface area contributed by atoms with Crippen molar-refractivity contribution in [1.82, 2.24) is 4.98 Å². The van der Waals surface area contributed by atoms with Crippen molar-refractivity contribution >= 4 is 21.9 Å². The first-order valence-electron chi connectivity index (χ1n) is 4.09. The first-order valence-corrected chi connectivity index (χ1v) is 4.09. The van der Waals surface area contributed by atoms with Gasteiger partial charge >= 0.3 is 0 Å². The highest BCUT2D eigenvalue weighted by Gasteiger charge is 2.04. The van der Waals surface area contributed by atoms with Crippen LogP contribution >= 0.6 is 0 Å². The Kier molecular flexibility index (Phi) is 1.19. The van der Waals surface area contributed by atoms with Crippen molar-refractivity contribution in [3.8, 4) is 0 Å². The number of hydrogen-bond acceptors (Lipinski definition) is 2. The van der Waals surface area contributed by atoms with Gasteiger partial charge in [0.2, 0.25) is 0 Å². The summed E-state index contributed by atoms with van der Waals surface area (Å²) in [4.78, 5) is 3.89. The summed E-state index contributed by atoms with van der Waals surface area (Å²) in [5.41, 5.74) is 1.62. The molecule has 0 saturated heterocycles. The Labute approximate surface area is 74.8 Å². The zero-order valence-electron chi connectivity index (χ0n) is 6.82. The Morgan fingerprint density at radius 3 is 3.00 bits per heavy atom. The van der Waals surface area contributed by atoms with Crippen LogP contribution in [0.2, 0.25) is 0 Å². The molecular weight excluding hydrogens is 162 g/mol. The van der Waals surface area contributed by atoms with Gasteiger partial charge in [-0.1, -0.05) is 18.2 Å². The lowest BCUT2D eigenvalue weighted by Gasteiger charge is -1.84. The van der Waals surface area contributed by atoms with E-state index in [2.05, 4.69) is 11.2 Å². The standard InChI is InChI=1S/C11H6NO/c1-2-4-10-8(3-1)9-5-6-12-7-11(9)13-10/h1-6H. The molecule has 1 aromatic carbocycles. The van der Waals surface area contributed by atoms with E-state index in [1.807, 2.05) is 30.3 Å². The van der Waals surface area contributed by atoms with Gasteiger partial charge in [-0.05, 0) is 12.1 Å². The second kappa shape index (κ2) is 2.33. The number of para-hydroxylation sites is 1. The monoisotopic (exact) mass is 168 g/mol. The molecule has 0 aliphatic carbocycles. The van der Waals surface area contributed by atoms with Crippen LogP contribution in [-0.2, 0) is 0 Å². The van der Waals surface area contributed by atoms with Crippen molar-refractivity contribution in [3.05, 3.63) is 42.7 Å². The second-order valence-corrected chi connectivity index (χ2v) is 2.90. The number of benzene rings is 1. The smallest absolute Gasteiger partial charge is 0.163 e. The highest BCUT2D eigenvalue weighted by Crippen LogP contribution is 2.26. The predicted octanol–water partition coefficient (Wildman–Crippen LogP) is 2.78. The van der Waals surface area contributed by atoms with Gasteiger partial charge in [0.15, 0.2) is 5.58 Å². The van der Waals surface area contributed by atoms with E-state index in [0.29, 0.717) is 0 Å². The van der Waals surface area contributed by atoms with Crippen molar-refractivity contribution in [3.63, 3.8) is 0 Å². The van der Waals surface area contributed by atoms with Crippen molar-refractivity contribution in [2.24, 2.45) is 0 Å². The van der Waals surface area contributed by atoms with Gasteiger partial charge in [0, 0.05) is 17.0 Å². The quantitative estimate of drug-likeness (QED) is 0.515. The molecule has 2 nitrogen and oxygen atoms in total. The third-order valence-corrected chi connectivity index (χ3v) is 2.12. The maximum absolute atomic E-state index is 5.53. The zero-order valence-corrected chi connectivity index (χ0v) is 6.82. The Hall–Kier alpha value is -1.83. The molecule has 1 radical (unpaired) electrons. The van der Waals surface area contributed by atoms with Gasteiger partial charge in [-0.15, -0.1) is 0 Å². The third kappa shape index (κ3) is 0.855. The van der Waals surface area contributed by atoms with Gasteiger partial charge in [0.1, 0.15) is 11.8 Å². The number of pyridine rings is 1. The number of nitrogens with zero attached hydrogens (tertiary/aromatic N) is 1. The molecule has 2 heteroatoms. The van der Waals surface area contributed by atoms with Crippen LogP contribution in [0.3, 0.4) is 0 Å². The first-order chi connectivity index (χ1) is 6.45. The summed E-state index contributed by atoms with van der Waals surface area (Å²) >= 11 is 0. The largest absolute Gasteiger partial charge is 0.454 e. The Balaban J connectivity index is 2.64. The highest BCUT2D eigenvalue weighted by molar-refractivity contribution is 6.04. The van der Waals surface area contributed by atoms with Gasteiger partial charge in [-0.25, -0.2) is 0 Å². The van der Waals surface area contributed by atoms with E-state index in [-0.39, 0.29) is 0 Å². The SMILES string of the molecule is [c]1nccc2c1oc1ccccc12. The maximum Gasteiger partial charge on any atom is 0.163 e. The molecule has 0 bridgehead atoms. The van der Waals surface area contributed by atoms with Gasteiger partial charge in [-0.3, -0.25) is 4.98 Å². The van der Waals surface area contributed by atoms with Gasteiger partial charge < -0.3 is 4.42 Å². The average Bonchev–Trinajstić information content (AvgIpc) is 2.56. The van der Waals surface area contributed by atoms with E-state index in [9.17, 15) is 0 Å². The fourth-order valence-corrected chi connectivity index (χ4v) is 1.52. The van der Waals surface area contributed by atoms with Crippen molar-refractivity contribution in [1.29, 1.82) is 0 Å². The molecule has 0 N–H and O–H groups in total. The van der Waals surface area contributed by atoms with E-state index >= 15 is 0 Å². The van der Waals surface area contributed by atoms with E-state index in [0.717, 1.165) is 21.9 Å². The number of aromatic nitrogens is 1. The van der Waals surface area contributed by atoms with Crippen LogP contribution in [0, 0.1) is 6.20 Å². The molecule has 2 aromatic heterocycles. The molecule has 0 atom stereocenters. The van der Waals surface area contributed by atoms with Crippen LogP contribution in [0.1, 0.15) is 0 Å². The molecule has 13 heavy (non-hydrogen) atoms. The fraction of sp³-hybridized carbons (Fsp3) is 0. The molecule has 0 aliphatic heterocycles. The van der Waals surface area contributed by atoms with Crippen LogP contribution < -0.4 is 0 Å². The van der Waals surface area contributed by atoms with Crippen LogP contribution in [0.5, 0.6) is 0 Å². The topological polar surface area (TPSA) is 26.0 Å². The van der Waals surface area contributed by atoms with E-state index < -0.39 is 0 Å². The van der Waals surface area contributed by atoms with Crippen LogP contribution in [0.25, 0.3) is 21.9 Å². The Morgan fingerprint density at radius 2 is 2.00 bits per heavy atom. The molecule has 3 aromatic rings. The Morgan fingerprint density at radius 1 is 1.08 bits per heavy atom. The number of hydrogen-bond donors (Lipinski definition) is 0. The first kappa shape index (κ1) is 6.66. The lowest BCUT2D eigenvalue weighted by atomic mass is 10.2. The second-order valence-electron chi connectivity index (χ2n) is 2.90. The molecule has 3 rings (SSSR count). The summed E-state index contributed by atoms with van der Waals surface area (Å²) < 4.78 is 5.53. The van der Waals surface area contributed by atoms with Gasteiger partial charge in [-0.2, -0.15) is 0 Å². The minimum absolute atomic E-state index is 0.726. The summed E-state index contributed by atoms with van der Waals surface area (Å²) in [6.45, 7) is 0. The molecule has 2 heterocycles. The summed E-state index contributed by atoms with van der Waals surface area (Å²) in [5.74, 6) is 0. The highest BCUT2D eigenvalue weighted by atomic mass is 16.3. The van der Waals surface area contributed by atoms with Crippen LogP contribution in [-0.4, -0.2) is 4.98 Å². The van der Waals surface area contributed by atoms with E-state index in [1.54, 1.807) is 6.20 Å². The third-order valence-electron chi connectivity index (χ3n) is 2.12. The summed E-state index contributed by atoms with van der Waals surface area (Å²) in [7, 11) is 0. The predicted molar refractivity (Wildman–Crippen MR) is 50.4 cm³/mol. The molecule has 0 aliphatic rings. The fourth-order valence-electron chi connectivity index (χ4n) is 1.52. The van der Waals surface area contributed by atoms with Crippen molar-refractivity contribution < 1.29 is 4.42 Å². The summed E-state index contributed by atoms with van der Waals surface area (Å²) in [6.07, 6.45) is 4.55. The molecular formula is C11H6NO. The van der Waals surface area contributed by atoms with E-state index in [4.69, 9.17) is 4.42 Å². The molecule has 0 amide bonds. The zero-order chi connectivity index (χ0) is 8.67. The minimum Gasteiger partial charge on any atom is -0.454 e. The molecule has 0 saturated carbocycles. The number of fused-ring (bicyclic) bond motifs is 3. The normalized spacial score (nSPS) is 11.1. The lowest BCUT2D eigenvalue weighted by molar-refractivity contribution is 0.666. The molecule has 0 fully saturated rings. The summed E-state index contributed by atoms with van der Waals surface area (Å²) in [5, 5.41) is 2.20. The average molecular weight is 168 g/mol. The van der Waals surface area contributed by atoms with Crippen LogP contribution in [0.15, 0.2) is 40.9 Å². The van der Waals surface area contributed by atoms with E-state index in [1.165, 1.54) is 0 Å². The number of furan rings is 1. The van der Waals surface area contributed by atoms with Crippen LogP contribution in [0.4, 0.5) is 0 Å². The van der Waals surface area contributed by atoms with Crippen molar-refractivity contribution in [2.75, 3.05) is 0 Å². The lowest BCUT2D eigenvalue weighted by Crippen LogP contribution is -1.68. The molecule has 0 spiro atoms. The van der Waals surface area contributed by atoms with Crippen molar-refractivity contribution in [2.45, 2.75) is 0 Å². The maximum atomic E-state index is 5.53. The number of rotatable bonds is 0. The van der Waals surface area contributed by atoms with Gasteiger partial charge in [0.05, 0.1) is 0 Å². The summed E-state index contributed by atoms with van der Waals surface area (Å²) in [6, 6.07) is 9.88. The van der Waals surface area contributed by atoms with Gasteiger partial charge in [0.25, 0.3) is 0 Å².